The predicted octanol–water partition coefficient (Wildman–Crippen LogP) is 5.36. The van der Waals surface area contributed by atoms with Gasteiger partial charge in [-0.1, -0.05) is 47.1 Å². The van der Waals surface area contributed by atoms with Crippen molar-refractivity contribution >= 4 is 44.7 Å². The summed E-state index contributed by atoms with van der Waals surface area (Å²) in [7, 11) is 1.61. The Bertz CT molecular complexity index is 747. The summed E-state index contributed by atoms with van der Waals surface area (Å²) in [6.07, 6.45) is 4.86. The first-order valence-electron chi connectivity index (χ1n) is 7.60. The van der Waals surface area contributed by atoms with E-state index >= 15 is 0 Å². The molecular weight excluding hydrogens is 420 g/mol. The molecule has 0 saturated heterocycles. The second-order valence-electron chi connectivity index (χ2n) is 4.87. The third kappa shape index (κ3) is 7.39. The van der Waals surface area contributed by atoms with Crippen LogP contribution in [0.1, 0.15) is 24.3 Å². The van der Waals surface area contributed by atoms with Gasteiger partial charge in [0.2, 0.25) is 0 Å². The molecule has 7 heteroatoms. The highest BCUT2D eigenvalue weighted by atomic mass is 79.9. The number of thiazole rings is 1. The van der Waals surface area contributed by atoms with Gasteiger partial charge < -0.3 is 5.73 Å². The number of rotatable bonds is 5. The molecule has 1 aromatic carbocycles. The molecule has 2 N–H and O–H groups in total. The predicted molar refractivity (Wildman–Crippen MR) is 111 cm³/mol. The minimum Gasteiger partial charge on any atom is -0.386 e. The molecule has 0 amide bonds. The Balaban J connectivity index is 0.000000450. The van der Waals surface area contributed by atoms with Crippen molar-refractivity contribution in [3.8, 4) is 17.3 Å². The Hall–Kier alpha value is -1.68. The Morgan fingerprint density at radius 2 is 2.16 bits per heavy atom. The van der Waals surface area contributed by atoms with E-state index in [0.29, 0.717) is 11.7 Å². The summed E-state index contributed by atoms with van der Waals surface area (Å²) in [5.74, 6) is 0.571. The van der Waals surface area contributed by atoms with Gasteiger partial charge in [-0.25, -0.2) is 4.98 Å². The van der Waals surface area contributed by atoms with Crippen LogP contribution in [0.2, 0.25) is 0 Å². The highest BCUT2D eigenvalue weighted by Gasteiger charge is 2.12. The summed E-state index contributed by atoms with van der Waals surface area (Å²) in [6.45, 7) is 2.06. The first kappa shape index (κ1) is 21.4. The van der Waals surface area contributed by atoms with Gasteiger partial charge in [0.1, 0.15) is 16.8 Å². The summed E-state index contributed by atoms with van der Waals surface area (Å²) < 4.78 is 1.05. The number of allylic oxidation sites excluding steroid dienone is 2. The van der Waals surface area contributed by atoms with Crippen molar-refractivity contribution in [1.29, 1.82) is 5.26 Å². The van der Waals surface area contributed by atoms with Crippen LogP contribution >= 0.6 is 38.9 Å². The normalized spacial score (nSPS) is 12.4. The first-order valence-corrected chi connectivity index (χ1v) is 9.81. The highest BCUT2D eigenvalue weighted by molar-refractivity contribution is 9.10. The molecule has 1 heterocycles. The largest absolute Gasteiger partial charge is 0.386 e. The van der Waals surface area contributed by atoms with E-state index in [1.165, 1.54) is 11.3 Å². The Morgan fingerprint density at radius 1 is 1.48 bits per heavy atom. The van der Waals surface area contributed by atoms with Crippen molar-refractivity contribution in [1.82, 2.24) is 4.98 Å². The summed E-state index contributed by atoms with van der Waals surface area (Å²) in [6, 6.07) is 10.3. The topological polar surface area (TPSA) is 75.1 Å². The smallest absolute Gasteiger partial charge is 0.116 e. The monoisotopic (exact) mass is 438 g/mol. The van der Waals surface area contributed by atoms with Crippen LogP contribution in [0.25, 0.3) is 11.3 Å². The number of aromatic nitrogens is 1. The maximum absolute atomic E-state index is 9.18. The second-order valence-corrected chi connectivity index (χ2v) is 6.94. The Morgan fingerprint density at radius 3 is 2.64 bits per heavy atom. The van der Waals surface area contributed by atoms with Crippen LogP contribution in [0, 0.1) is 11.3 Å². The molecule has 25 heavy (non-hydrogen) atoms. The highest BCUT2D eigenvalue weighted by Crippen LogP contribution is 2.28. The Kier molecular flexibility index (Phi) is 10.1. The fourth-order valence-corrected chi connectivity index (χ4v) is 2.93. The molecule has 0 aliphatic carbocycles. The zero-order valence-corrected chi connectivity index (χ0v) is 17.3. The second kappa shape index (κ2) is 11.8. The molecule has 132 valence electrons. The molecule has 0 radical (unpaired) electrons. The molecule has 1 aromatic heterocycles. The van der Waals surface area contributed by atoms with Gasteiger partial charge in [0.05, 0.1) is 17.6 Å². The van der Waals surface area contributed by atoms with Gasteiger partial charge in [-0.2, -0.15) is 5.26 Å². The number of benzene rings is 1. The average molecular weight is 440 g/mol. The lowest BCUT2D eigenvalue weighted by atomic mass is 10.1. The number of hydrogen-bond donors (Lipinski definition) is 1. The van der Waals surface area contributed by atoms with Gasteiger partial charge in [-0.15, -0.1) is 22.9 Å². The fourth-order valence-electron chi connectivity index (χ4n) is 1.70. The summed E-state index contributed by atoms with van der Waals surface area (Å²) >= 11 is 10.1. The lowest BCUT2D eigenvalue weighted by Gasteiger charge is -1.98. The molecule has 1 atom stereocenters. The zero-order valence-electron chi connectivity index (χ0n) is 14.1. The van der Waals surface area contributed by atoms with Crippen molar-refractivity contribution in [2.75, 3.05) is 12.9 Å². The first-order chi connectivity index (χ1) is 12.0. The lowest BCUT2D eigenvalue weighted by Crippen LogP contribution is -2.11. The van der Waals surface area contributed by atoms with E-state index in [2.05, 4.69) is 38.9 Å². The summed E-state index contributed by atoms with van der Waals surface area (Å²) in [5.41, 5.74) is 7.09. The Labute approximate surface area is 166 Å². The standard InChI is InChI=1S/C15H13BrN2S.C3H7ClN2/c1-2-3-4-12(9-17)15-18-14(10-19-15)11-5-7-13(16)8-6-11;1-6-3(5)2-4/h3-8,10,12H,2H2,1H3;2H2,1H3,(H2,5,6)/b4-3+;. The average Bonchev–Trinajstić information content (AvgIpc) is 3.12. The van der Waals surface area contributed by atoms with Crippen molar-refractivity contribution < 1.29 is 0 Å². The van der Waals surface area contributed by atoms with E-state index in [9.17, 15) is 5.26 Å². The van der Waals surface area contributed by atoms with Crippen molar-refractivity contribution in [2.24, 2.45) is 10.7 Å². The van der Waals surface area contributed by atoms with Gasteiger partial charge in [0.25, 0.3) is 0 Å². The van der Waals surface area contributed by atoms with Gasteiger partial charge in [0.15, 0.2) is 0 Å². The van der Waals surface area contributed by atoms with Crippen LogP contribution in [-0.4, -0.2) is 23.7 Å². The van der Waals surface area contributed by atoms with Gasteiger partial charge in [0, 0.05) is 22.5 Å². The van der Waals surface area contributed by atoms with Crippen LogP contribution in [0.3, 0.4) is 0 Å². The third-order valence-corrected chi connectivity index (χ3v) is 4.79. The fraction of sp³-hybridized carbons (Fsp3) is 0.278. The van der Waals surface area contributed by atoms with Gasteiger partial charge in [-0.05, 0) is 18.6 Å². The molecule has 1 unspecified atom stereocenters. The third-order valence-electron chi connectivity index (χ3n) is 3.06. The van der Waals surface area contributed by atoms with Crippen LogP contribution < -0.4 is 5.73 Å². The number of nitrogens with zero attached hydrogens (tertiary/aromatic N) is 3. The number of nitrogens with two attached hydrogens (primary N) is 1. The number of hydrogen-bond acceptors (Lipinski definition) is 4. The van der Waals surface area contributed by atoms with Gasteiger partial charge in [-0.3, -0.25) is 4.99 Å². The summed E-state index contributed by atoms with van der Waals surface area (Å²) in [4.78, 5) is 8.13. The van der Waals surface area contributed by atoms with Crippen LogP contribution in [-0.2, 0) is 0 Å². The van der Waals surface area contributed by atoms with E-state index in [1.54, 1.807) is 7.05 Å². The van der Waals surface area contributed by atoms with Crippen LogP contribution in [0.4, 0.5) is 0 Å². The van der Waals surface area contributed by atoms with Crippen LogP contribution in [0.15, 0.2) is 51.3 Å². The maximum Gasteiger partial charge on any atom is 0.116 e. The number of alkyl halides is 1. The number of nitriles is 1. The van der Waals surface area contributed by atoms with E-state index in [4.69, 9.17) is 17.3 Å². The molecule has 0 aliphatic heterocycles. The molecule has 0 aliphatic rings. The van der Waals surface area contributed by atoms with E-state index in [-0.39, 0.29) is 5.92 Å². The molecular formula is C18H20BrClN4S. The van der Waals surface area contributed by atoms with E-state index < -0.39 is 0 Å². The number of halogens is 2. The van der Waals surface area contributed by atoms with Crippen molar-refractivity contribution in [2.45, 2.75) is 19.3 Å². The van der Waals surface area contributed by atoms with Crippen molar-refractivity contribution in [3.05, 3.63) is 51.3 Å². The minimum atomic E-state index is -0.242. The van der Waals surface area contributed by atoms with E-state index in [0.717, 1.165) is 27.2 Å². The molecule has 0 fully saturated rings. The zero-order chi connectivity index (χ0) is 18.7. The molecule has 4 nitrogen and oxygen atoms in total. The van der Waals surface area contributed by atoms with Crippen LogP contribution in [0.5, 0.6) is 0 Å². The molecule has 2 rings (SSSR count). The number of amidine groups is 1. The molecule has 0 saturated carbocycles. The molecule has 0 bridgehead atoms. The lowest BCUT2D eigenvalue weighted by molar-refractivity contribution is 1.04. The maximum atomic E-state index is 9.18. The SMILES string of the molecule is CC/C=C/C(C#N)c1nc(-c2ccc(Br)cc2)cs1.CN=C(N)CCl. The van der Waals surface area contributed by atoms with Gasteiger partial charge >= 0.3 is 0 Å². The molecule has 0 spiro atoms. The molecule has 2 aromatic rings. The quantitative estimate of drug-likeness (QED) is 0.295. The number of aliphatic imine (C=N–C) groups is 1. The van der Waals surface area contributed by atoms with E-state index in [1.807, 2.05) is 41.8 Å². The minimum absolute atomic E-state index is 0.242. The summed E-state index contributed by atoms with van der Waals surface area (Å²) in [5, 5.41) is 12.0. The van der Waals surface area contributed by atoms with Crippen molar-refractivity contribution in [3.63, 3.8) is 0 Å².